The number of aryl methyl sites for hydroxylation is 2. The Hall–Kier alpha value is -2.70. The maximum Gasteiger partial charge on any atom is 0.313 e. The van der Waals surface area contributed by atoms with Gasteiger partial charge in [0.2, 0.25) is 0 Å². The molecule has 2 amide bonds. The summed E-state index contributed by atoms with van der Waals surface area (Å²) in [7, 11) is 2.22. The molecule has 1 atom stereocenters. The molecule has 0 saturated carbocycles. The number of piperazine rings is 1. The highest BCUT2D eigenvalue weighted by Gasteiger charge is 2.30. The van der Waals surface area contributed by atoms with Crippen molar-refractivity contribution in [3.8, 4) is 0 Å². The summed E-state index contributed by atoms with van der Waals surface area (Å²) < 4.78 is 0. The summed E-state index contributed by atoms with van der Waals surface area (Å²) in [5.74, 6) is -1.22. The number of anilines is 1. The standard InChI is InChI=1S/C24H32N4O2/c1-4-19-7-11-21(12-8-19)26-24(30)23(29)25-17-22(20-9-5-18(2)6-10-20)28-15-13-27(3)14-16-28/h5-12,22H,4,13-17H2,1-3H3,(H,25,29)(H,26,30)/p+2/t22-/m1/s1. The van der Waals surface area contributed by atoms with Gasteiger partial charge in [-0.3, -0.25) is 9.59 Å². The van der Waals surface area contributed by atoms with Gasteiger partial charge in [0.25, 0.3) is 0 Å². The lowest BCUT2D eigenvalue weighted by molar-refractivity contribution is -1.02. The third-order valence-electron chi connectivity index (χ3n) is 6.01. The van der Waals surface area contributed by atoms with Gasteiger partial charge in [0, 0.05) is 11.3 Å². The molecule has 0 aliphatic carbocycles. The number of likely N-dealkylation sites (N-methyl/N-ethyl adjacent to an activating group) is 1. The van der Waals surface area contributed by atoms with Gasteiger partial charge in [-0.1, -0.05) is 48.9 Å². The minimum absolute atomic E-state index is 0.138. The Kier molecular flexibility index (Phi) is 7.60. The van der Waals surface area contributed by atoms with E-state index in [9.17, 15) is 9.59 Å². The van der Waals surface area contributed by atoms with E-state index >= 15 is 0 Å². The van der Waals surface area contributed by atoms with Gasteiger partial charge in [0.1, 0.15) is 32.2 Å². The first kappa shape index (κ1) is 22.0. The van der Waals surface area contributed by atoms with Crippen LogP contribution < -0.4 is 20.4 Å². The molecule has 1 aliphatic heterocycles. The van der Waals surface area contributed by atoms with Crippen molar-refractivity contribution < 1.29 is 19.4 Å². The van der Waals surface area contributed by atoms with E-state index in [0.717, 1.165) is 32.6 Å². The first-order valence-corrected chi connectivity index (χ1v) is 10.9. The van der Waals surface area contributed by atoms with Crippen LogP contribution in [-0.2, 0) is 16.0 Å². The number of hydrogen-bond acceptors (Lipinski definition) is 2. The van der Waals surface area contributed by atoms with Crippen molar-refractivity contribution in [3.63, 3.8) is 0 Å². The van der Waals surface area contributed by atoms with Crippen LogP contribution in [0.1, 0.15) is 29.7 Å². The van der Waals surface area contributed by atoms with Crippen molar-refractivity contribution >= 4 is 17.5 Å². The molecular formula is C24H34N4O2+2. The number of rotatable bonds is 6. The van der Waals surface area contributed by atoms with Gasteiger partial charge in [-0.15, -0.1) is 0 Å². The zero-order chi connectivity index (χ0) is 21.5. The lowest BCUT2D eigenvalue weighted by Crippen LogP contribution is -3.27. The van der Waals surface area contributed by atoms with Gasteiger partial charge < -0.3 is 20.4 Å². The van der Waals surface area contributed by atoms with Gasteiger partial charge in [0.15, 0.2) is 0 Å². The Morgan fingerprint density at radius 1 is 0.933 bits per heavy atom. The predicted octanol–water partition coefficient (Wildman–Crippen LogP) is -0.233. The Balaban J connectivity index is 1.62. The van der Waals surface area contributed by atoms with Gasteiger partial charge in [-0.25, -0.2) is 0 Å². The van der Waals surface area contributed by atoms with E-state index in [1.807, 2.05) is 24.3 Å². The van der Waals surface area contributed by atoms with Crippen molar-refractivity contribution in [2.75, 3.05) is 45.1 Å². The van der Waals surface area contributed by atoms with E-state index in [2.05, 4.69) is 55.8 Å². The molecule has 1 heterocycles. The summed E-state index contributed by atoms with van der Waals surface area (Å²) in [5.41, 5.74) is 4.24. The number of nitrogens with one attached hydrogen (secondary N) is 4. The van der Waals surface area contributed by atoms with Gasteiger partial charge in [-0.05, 0) is 31.0 Å². The van der Waals surface area contributed by atoms with Crippen molar-refractivity contribution in [1.82, 2.24) is 5.32 Å². The largest absolute Gasteiger partial charge is 0.341 e. The Labute approximate surface area is 179 Å². The number of amides is 2. The quantitative estimate of drug-likeness (QED) is 0.497. The molecule has 0 bridgehead atoms. The number of benzene rings is 2. The normalized spacial score (nSPS) is 19.7. The van der Waals surface area contributed by atoms with E-state index in [4.69, 9.17) is 0 Å². The second-order valence-corrected chi connectivity index (χ2v) is 8.29. The maximum absolute atomic E-state index is 12.5. The van der Waals surface area contributed by atoms with Crippen molar-refractivity contribution in [2.24, 2.45) is 0 Å². The summed E-state index contributed by atoms with van der Waals surface area (Å²) in [4.78, 5) is 27.8. The summed E-state index contributed by atoms with van der Waals surface area (Å²) in [5, 5.41) is 5.56. The third kappa shape index (κ3) is 5.90. The Morgan fingerprint density at radius 2 is 1.57 bits per heavy atom. The van der Waals surface area contributed by atoms with Crippen LogP contribution in [0.25, 0.3) is 0 Å². The SMILES string of the molecule is CCc1ccc(NC(=O)C(=O)NC[C@H](c2ccc(C)cc2)[NH+]2CC[NH+](C)CC2)cc1. The fraction of sp³-hybridized carbons (Fsp3) is 0.417. The molecule has 1 aliphatic rings. The molecule has 6 heteroatoms. The van der Waals surface area contributed by atoms with Crippen LogP contribution in [0.15, 0.2) is 48.5 Å². The topological polar surface area (TPSA) is 67.1 Å². The molecule has 4 N–H and O–H groups in total. The summed E-state index contributed by atoms with van der Waals surface area (Å²) in [6.07, 6.45) is 0.936. The number of carbonyl (C=O) groups is 2. The molecule has 30 heavy (non-hydrogen) atoms. The second-order valence-electron chi connectivity index (χ2n) is 8.29. The van der Waals surface area contributed by atoms with Crippen molar-refractivity contribution in [2.45, 2.75) is 26.3 Å². The fourth-order valence-electron chi connectivity index (χ4n) is 3.93. The van der Waals surface area contributed by atoms with Crippen molar-refractivity contribution in [1.29, 1.82) is 0 Å². The molecule has 0 aromatic heterocycles. The zero-order valence-corrected chi connectivity index (χ0v) is 18.3. The summed E-state index contributed by atoms with van der Waals surface area (Å²) in [6, 6.07) is 16.2. The van der Waals surface area contributed by atoms with Crippen LogP contribution in [-0.4, -0.2) is 51.6 Å². The molecule has 2 aromatic carbocycles. The zero-order valence-electron chi connectivity index (χ0n) is 18.3. The summed E-state index contributed by atoms with van der Waals surface area (Å²) >= 11 is 0. The highest BCUT2D eigenvalue weighted by Crippen LogP contribution is 2.12. The van der Waals surface area contributed by atoms with Crippen LogP contribution in [0.5, 0.6) is 0 Å². The molecule has 2 aromatic rings. The van der Waals surface area contributed by atoms with Crippen LogP contribution in [0, 0.1) is 6.92 Å². The number of quaternary nitrogens is 2. The van der Waals surface area contributed by atoms with Crippen LogP contribution in [0.3, 0.4) is 0 Å². The van der Waals surface area contributed by atoms with Gasteiger partial charge in [0.05, 0.1) is 13.6 Å². The van der Waals surface area contributed by atoms with Crippen LogP contribution in [0.2, 0.25) is 0 Å². The minimum Gasteiger partial charge on any atom is -0.341 e. The smallest absolute Gasteiger partial charge is 0.313 e. The van der Waals surface area contributed by atoms with Crippen LogP contribution >= 0.6 is 0 Å². The lowest BCUT2D eigenvalue weighted by atomic mass is 10.0. The van der Waals surface area contributed by atoms with E-state index < -0.39 is 11.8 Å². The number of carbonyl (C=O) groups excluding carboxylic acids is 2. The van der Waals surface area contributed by atoms with E-state index in [1.54, 1.807) is 4.90 Å². The molecule has 0 spiro atoms. The Bertz CT molecular complexity index is 841. The van der Waals surface area contributed by atoms with Crippen LogP contribution in [0.4, 0.5) is 5.69 Å². The second kappa shape index (κ2) is 10.4. The first-order chi connectivity index (χ1) is 14.5. The summed E-state index contributed by atoms with van der Waals surface area (Å²) in [6.45, 7) is 8.92. The van der Waals surface area contributed by atoms with E-state index in [1.165, 1.54) is 21.6 Å². The molecule has 3 rings (SSSR count). The third-order valence-corrected chi connectivity index (χ3v) is 6.01. The molecule has 1 saturated heterocycles. The minimum atomic E-state index is -0.625. The van der Waals surface area contributed by atoms with Crippen molar-refractivity contribution in [3.05, 3.63) is 65.2 Å². The highest BCUT2D eigenvalue weighted by molar-refractivity contribution is 6.39. The van der Waals surface area contributed by atoms with E-state index in [-0.39, 0.29) is 6.04 Å². The molecule has 0 radical (unpaired) electrons. The number of hydrogen-bond donors (Lipinski definition) is 4. The molecule has 1 fully saturated rings. The van der Waals surface area contributed by atoms with Gasteiger partial charge >= 0.3 is 11.8 Å². The average molecular weight is 411 g/mol. The van der Waals surface area contributed by atoms with E-state index in [0.29, 0.717) is 12.2 Å². The monoisotopic (exact) mass is 410 g/mol. The highest BCUT2D eigenvalue weighted by atomic mass is 16.2. The molecule has 160 valence electrons. The fourth-order valence-corrected chi connectivity index (χ4v) is 3.93. The lowest BCUT2D eigenvalue weighted by Gasteiger charge is -2.33. The molecule has 6 nitrogen and oxygen atoms in total. The molecule has 0 unspecified atom stereocenters. The molecular weight excluding hydrogens is 376 g/mol. The first-order valence-electron chi connectivity index (χ1n) is 10.9. The Morgan fingerprint density at radius 3 is 2.17 bits per heavy atom. The predicted molar refractivity (Wildman–Crippen MR) is 119 cm³/mol. The maximum atomic E-state index is 12.5. The average Bonchev–Trinajstić information content (AvgIpc) is 2.76. The van der Waals surface area contributed by atoms with Gasteiger partial charge in [-0.2, -0.15) is 0 Å².